The molecule has 0 radical (unpaired) electrons. The van der Waals surface area contributed by atoms with Crippen LogP contribution in [-0.2, 0) is 26.9 Å². The maximum atomic E-state index is 12.7. The number of benzene rings is 2. The second kappa shape index (κ2) is 8.97. The number of hydrogen-bond acceptors (Lipinski definition) is 6. The van der Waals surface area contributed by atoms with Gasteiger partial charge in [0.1, 0.15) is 19.0 Å². The molecule has 8 heteroatoms. The van der Waals surface area contributed by atoms with Gasteiger partial charge in [0.25, 0.3) is 0 Å². The highest BCUT2D eigenvalue weighted by Gasteiger charge is 2.24. The van der Waals surface area contributed by atoms with Crippen molar-refractivity contribution in [1.82, 2.24) is 4.90 Å². The summed E-state index contributed by atoms with van der Waals surface area (Å²) < 4.78 is 36.3. The highest BCUT2D eigenvalue weighted by Crippen LogP contribution is 2.34. The van der Waals surface area contributed by atoms with Crippen LogP contribution >= 0.6 is 0 Å². The molecule has 0 saturated heterocycles. The molecule has 1 aliphatic heterocycles. The summed E-state index contributed by atoms with van der Waals surface area (Å²) in [5.41, 5.74) is 1.78. The molecule has 0 aliphatic carbocycles. The van der Waals surface area contributed by atoms with Crippen molar-refractivity contribution in [3.05, 3.63) is 59.2 Å². The molecule has 0 atom stereocenters. The number of carbonyl (C=O) groups excluding carboxylic acids is 1. The predicted molar refractivity (Wildman–Crippen MR) is 107 cm³/mol. The maximum Gasteiger partial charge on any atom is 0.238 e. The van der Waals surface area contributed by atoms with Crippen molar-refractivity contribution in [3.63, 3.8) is 0 Å². The lowest BCUT2D eigenvalue weighted by Gasteiger charge is -2.25. The van der Waals surface area contributed by atoms with Crippen LogP contribution in [0.4, 0.5) is 0 Å². The molecule has 3 rings (SSSR count). The number of amides is 1. The molecule has 1 heterocycles. The van der Waals surface area contributed by atoms with Crippen LogP contribution in [0, 0.1) is 11.3 Å². The molecule has 0 aromatic heterocycles. The fourth-order valence-corrected chi connectivity index (χ4v) is 4.46. The van der Waals surface area contributed by atoms with Crippen molar-refractivity contribution in [2.45, 2.75) is 19.2 Å². The molecular weight excluding hydrogens is 392 g/mol. The zero-order valence-electron chi connectivity index (χ0n) is 16.1. The molecule has 2 aromatic rings. The zero-order chi connectivity index (χ0) is 20.9. The number of nitrogens with zero attached hydrogens (tertiary/aromatic N) is 2. The lowest BCUT2D eigenvalue weighted by atomic mass is 10.1. The van der Waals surface area contributed by atoms with Crippen molar-refractivity contribution in [1.29, 1.82) is 5.26 Å². The molecule has 0 unspecified atom stereocenters. The molecule has 152 valence electrons. The molecule has 29 heavy (non-hydrogen) atoms. The summed E-state index contributed by atoms with van der Waals surface area (Å²) >= 11 is 0. The summed E-state index contributed by atoms with van der Waals surface area (Å²) in [5, 5.41) is 8.83. The Morgan fingerprint density at radius 3 is 2.55 bits per heavy atom. The topological polar surface area (TPSA) is 96.7 Å². The van der Waals surface area contributed by atoms with Gasteiger partial charge in [-0.2, -0.15) is 5.26 Å². The quantitative estimate of drug-likeness (QED) is 0.690. The molecular formula is C21H22N2O5S. The average Bonchev–Trinajstić information content (AvgIpc) is 2.71. The summed E-state index contributed by atoms with van der Waals surface area (Å²) in [6.45, 7) is 3.32. The Hall–Kier alpha value is -3.05. The summed E-state index contributed by atoms with van der Waals surface area (Å²) in [7, 11) is -3.65. The molecule has 0 saturated carbocycles. The number of carbonyl (C=O) groups is 1. The van der Waals surface area contributed by atoms with Gasteiger partial charge in [0, 0.05) is 18.7 Å². The van der Waals surface area contributed by atoms with Gasteiger partial charge in [0.15, 0.2) is 21.3 Å². The van der Waals surface area contributed by atoms with E-state index < -0.39 is 21.5 Å². The minimum Gasteiger partial charge on any atom is -0.486 e. The molecule has 2 aromatic carbocycles. The Kier molecular flexibility index (Phi) is 6.39. The van der Waals surface area contributed by atoms with Crippen molar-refractivity contribution in [2.75, 3.05) is 25.5 Å². The van der Waals surface area contributed by atoms with E-state index in [2.05, 4.69) is 0 Å². The minimum atomic E-state index is -3.65. The van der Waals surface area contributed by atoms with Crippen LogP contribution in [0.25, 0.3) is 0 Å². The predicted octanol–water partition coefficient (Wildman–Crippen LogP) is 2.29. The van der Waals surface area contributed by atoms with Crippen LogP contribution in [0.5, 0.6) is 11.5 Å². The summed E-state index contributed by atoms with van der Waals surface area (Å²) in [6, 6.07) is 13.8. The number of rotatable bonds is 7. The van der Waals surface area contributed by atoms with E-state index in [4.69, 9.17) is 14.7 Å². The number of para-hydroxylation sites is 1. The van der Waals surface area contributed by atoms with Crippen LogP contribution in [0.3, 0.4) is 0 Å². The van der Waals surface area contributed by atoms with Gasteiger partial charge in [-0.05, 0) is 30.7 Å². The molecule has 7 nitrogen and oxygen atoms in total. The molecule has 1 aliphatic rings. The van der Waals surface area contributed by atoms with E-state index in [9.17, 15) is 13.2 Å². The Labute approximate surface area is 170 Å². The fourth-order valence-electron chi connectivity index (χ4n) is 3.10. The summed E-state index contributed by atoms with van der Waals surface area (Å²) in [5.74, 6) is -0.0565. The average molecular weight is 414 g/mol. The summed E-state index contributed by atoms with van der Waals surface area (Å²) in [4.78, 5) is 14.2. The third-order valence-electron chi connectivity index (χ3n) is 4.56. The minimum absolute atomic E-state index is 0.244. The van der Waals surface area contributed by atoms with Crippen LogP contribution in [0.1, 0.15) is 23.6 Å². The fraction of sp³-hybridized carbons (Fsp3) is 0.333. The van der Waals surface area contributed by atoms with Crippen molar-refractivity contribution in [2.24, 2.45) is 0 Å². The van der Waals surface area contributed by atoms with Gasteiger partial charge >= 0.3 is 0 Å². The third-order valence-corrected chi connectivity index (χ3v) is 6.02. The van der Waals surface area contributed by atoms with Crippen LogP contribution in [0.2, 0.25) is 0 Å². The van der Waals surface area contributed by atoms with Crippen molar-refractivity contribution < 1.29 is 22.7 Å². The van der Waals surface area contributed by atoms with Gasteiger partial charge < -0.3 is 14.4 Å². The van der Waals surface area contributed by atoms with Gasteiger partial charge in [-0.3, -0.25) is 4.79 Å². The number of ether oxygens (including phenoxy) is 2. The smallest absolute Gasteiger partial charge is 0.238 e. The number of sulfone groups is 1. The number of hydrogen-bond donors (Lipinski definition) is 0. The lowest BCUT2D eigenvalue weighted by Crippen LogP contribution is -2.35. The largest absolute Gasteiger partial charge is 0.486 e. The highest BCUT2D eigenvalue weighted by molar-refractivity contribution is 7.91. The monoisotopic (exact) mass is 414 g/mol. The number of nitriles is 1. The third kappa shape index (κ3) is 5.27. The SMILES string of the molecule is CCN(Cc1cccc2c1OCCO2)C(=O)CS(=O)(=O)Cc1ccc(C#N)cc1. The molecule has 0 bridgehead atoms. The standard InChI is InChI=1S/C21H22N2O5S/c1-2-23(13-18-4-3-5-19-21(18)28-11-10-27-19)20(24)15-29(25,26)14-17-8-6-16(12-22)7-9-17/h3-9H,2,10-11,13-15H2,1H3. The lowest BCUT2D eigenvalue weighted by molar-refractivity contribution is -0.128. The van der Waals surface area contributed by atoms with Crippen LogP contribution < -0.4 is 9.47 Å². The highest BCUT2D eigenvalue weighted by atomic mass is 32.2. The summed E-state index contributed by atoms with van der Waals surface area (Å²) in [6.07, 6.45) is 0. The Morgan fingerprint density at radius 2 is 1.86 bits per heavy atom. The molecule has 0 fully saturated rings. The van der Waals surface area contributed by atoms with E-state index in [0.717, 1.165) is 5.56 Å². The van der Waals surface area contributed by atoms with Crippen LogP contribution in [-0.4, -0.2) is 44.7 Å². The van der Waals surface area contributed by atoms with Gasteiger partial charge in [0.2, 0.25) is 5.91 Å². The first-order valence-corrected chi connectivity index (χ1v) is 11.1. The molecule has 1 amide bonds. The molecule has 0 N–H and O–H groups in total. The van der Waals surface area contributed by atoms with E-state index in [0.29, 0.717) is 42.4 Å². The second-order valence-electron chi connectivity index (χ2n) is 6.69. The Morgan fingerprint density at radius 1 is 1.14 bits per heavy atom. The van der Waals surface area contributed by atoms with Crippen LogP contribution in [0.15, 0.2) is 42.5 Å². The Bertz CT molecular complexity index is 1030. The van der Waals surface area contributed by atoms with E-state index in [-0.39, 0.29) is 12.3 Å². The second-order valence-corrected chi connectivity index (χ2v) is 8.75. The zero-order valence-corrected chi connectivity index (χ0v) is 16.9. The van der Waals surface area contributed by atoms with Gasteiger partial charge in [-0.25, -0.2) is 8.42 Å². The van der Waals surface area contributed by atoms with Gasteiger partial charge in [-0.15, -0.1) is 0 Å². The van der Waals surface area contributed by atoms with E-state index in [1.165, 1.54) is 4.90 Å². The molecule has 0 spiro atoms. The van der Waals surface area contributed by atoms with Gasteiger partial charge in [-0.1, -0.05) is 24.3 Å². The normalized spacial score (nSPS) is 12.8. The van der Waals surface area contributed by atoms with E-state index in [1.807, 2.05) is 18.2 Å². The first kappa shape index (κ1) is 20.7. The van der Waals surface area contributed by atoms with E-state index in [1.54, 1.807) is 37.3 Å². The van der Waals surface area contributed by atoms with Crippen molar-refractivity contribution >= 4 is 15.7 Å². The first-order chi connectivity index (χ1) is 13.9. The number of fused-ring (bicyclic) bond motifs is 1. The van der Waals surface area contributed by atoms with Crippen molar-refractivity contribution in [3.8, 4) is 17.6 Å². The van der Waals surface area contributed by atoms with E-state index >= 15 is 0 Å². The van der Waals surface area contributed by atoms with Gasteiger partial charge in [0.05, 0.1) is 17.4 Å². The maximum absolute atomic E-state index is 12.7. The first-order valence-electron chi connectivity index (χ1n) is 9.26. The Balaban J connectivity index is 1.68.